The van der Waals surface area contributed by atoms with Gasteiger partial charge in [0.15, 0.2) is 0 Å². The van der Waals surface area contributed by atoms with Crippen molar-refractivity contribution in [1.29, 1.82) is 0 Å². The van der Waals surface area contributed by atoms with Crippen LogP contribution in [0.2, 0.25) is 5.02 Å². The summed E-state index contributed by atoms with van der Waals surface area (Å²) >= 11 is 6.11. The number of hydrogen-bond acceptors (Lipinski definition) is 5. The topological polar surface area (TPSA) is 84.9 Å². The fourth-order valence-electron chi connectivity index (χ4n) is 3.05. The molecule has 3 rings (SSSR count). The third-order valence-corrected chi connectivity index (χ3v) is 6.28. The molecule has 0 saturated carbocycles. The molecule has 0 aliphatic rings. The number of halogens is 2. The minimum absolute atomic E-state index is 0.206. The summed E-state index contributed by atoms with van der Waals surface area (Å²) in [6.45, 7) is 0.103. The van der Waals surface area contributed by atoms with E-state index in [1.165, 1.54) is 37.4 Å². The Kier molecular flexibility index (Phi) is 8.36. The second kappa shape index (κ2) is 11.2. The van der Waals surface area contributed by atoms with Crippen molar-refractivity contribution in [2.45, 2.75) is 13.2 Å². The normalized spacial score (nSPS) is 11.1. The second-order valence-corrected chi connectivity index (χ2v) is 9.74. The van der Waals surface area contributed by atoms with Crippen molar-refractivity contribution < 1.29 is 27.1 Å². The van der Waals surface area contributed by atoms with Crippen molar-refractivity contribution in [3.63, 3.8) is 0 Å². The van der Waals surface area contributed by atoms with E-state index in [2.05, 4.69) is 5.32 Å². The van der Waals surface area contributed by atoms with Gasteiger partial charge in [-0.3, -0.25) is 9.10 Å². The van der Waals surface area contributed by atoms with Crippen LogP contribution >= 0.6 is 11.6 Å². The van der Waals surface area contributed by atoms with Crippen molar-refractivity contribution in [2.75, 3.05) is 24.2 Å². The first-order chi connectivity index (χ1) is 16.2. The zero-order valence-corrected chi connectivity index (χ0v) is 20.2. The first-order valence-corrected chi connectivity index (χ1v) is 12.4. The van der Waals surface area contributed by atoms with Crippen molar-refractivity contribution in [3.05, 3.63) is 88.7 Å². The maximum atomic E-state index is 13.0. The fraction of sp³-hybridized carbons (Fsp3) is 0.208. The zero-order chi connectivity index (χ0) is 24.7. The predicted molar refractivity (Wildman–Crippen MR) is 129 cm³/mol. The van der Waals surface area contributed by atoms with E-state index < -0.39 is 22.5 Å². The number of ether oxygens (including phenoxy) is 2. The largest absolute Gasteiger partial charge is 0.495 e. The molecule has 34 heavy (non-hydrogen) atoms. The standard InChI is InChI=1S/C24H24ClFN2O5S/c1-32-23-12-9-20(13-22(23)25)28(34(2,30)31)15-24(29)27-14-17-5-10-21(11-6-17)33-16-18-3-7-19(26)8-4-18/h3-13H,14-16H2,1-2H3,(H,27,29). The molecule has 0 heterocycles. The van der Waals surface area contributed by atoms with E-state index in [0.717, 1.165) is 21.7 Å². The summed E-state index contributed by atoms with van der Waals surface area (Å²) < 4.78 is 49.2. The Balaban J connectivity index is 1.56. The molecule has 0 spiro atoms. The highest BCUT2D eigenvalue weighted by molar-refractivity contribution is 7.92. The molecule has 180 valence electrons. The van der Waals surface area contributed by atoms with Crippen molar-refractivity contribution in [3.8, 4) is 11.5 Å². The highest BCUT2D eigenvalue weighted by atomic mass is 35.5. The molecule has 0 aromatic heterocycles. The minimum atomic E-state index is -3.73. The van der Waals surface area contributed by atoms with Gasteiger partial charge in [-0.15, -0.1) is 0 Å². The molecule has 0 aliphatic heterocycles. The number of methoxy groups -OCH3 is 1. The lowest BCUT2D eigenvalue weighted by atomic mass is 10.2. The van der Waals surface area contributed by atoms with E-state index in [4.69, 9.17) is 21.1 Å². The van der Waals surface area contributed by atoms with E-state index in [1.54, 1.807) is 36.4 Å². The number of nitrogens with zero attached hydrogens (tertiary/aromatic N) is 1. The number of sulfonamides is 1. The third kappa shape index (κ3) is 7.10. The van der Waals surface area contributed by atoms with Crippen LogP contribution in [0.25, 0.3) is 0 Å². The number of nitrogens with one attached hydrogen (secondary N) is 1. The number of anilines is 1. The number of carbonyl (C=O) groups is 1. The van der Waals surface area contributed by atoms with Gasteiger partial charge in [0.05, 0.1) is 24.1 Å². The number of carbonyl (C=O) groups excluding carboxylic acids is 1. The Labute approximate surface area is 203 Å². The van der Waals surface area contributed by atoms with Gasteiger partial charge in [0.1, 0.15) is 30.5 Å². The summed E-state index contributed by atoms with van der Waals surface area (Å²) in [7, 11) is -2.28. The molecule has 1 N–H and O–H groups in total. The number of rotatable bonds is 10. The molecule has 0 radical (unpaired) electrons. The zero-order valence-electron chi connectivity index (χ0n) is 18.6. The summed E-state index contributed by atoms with van der Waals surface area (Å²) in [6.07, 6.45) is 1.02. The minimum Gasteiger partial charge on any atom is -0.495 e. The van der Waals surface area contributed by atoms with Crippen LogP contribution in [0.15, 0.2) is 66.7 Å². The first kappa shape index (κ1) is 25.3. The first-order valence-electron chi connectivity index (χ1n) is 10.2. The molecule has 10 heteroatoms. The molecular formula is C24H24ClFN2O5S. The van der Waals surface area contributed by atoms with Gasteiger partial charge in [-0.1, -0.05) is 35.9 Å². The van der Waals surface area contributed by atoms with Crippen LogP contribution in [-0.4, -0.2) is 34.2 Å². The van der Waals surface area contributed by atoms with Crippen LogP contribution in [-0.2, 0) is 28.0 Å². The average molecular weight is 507 g/mol. The Morgan fingerprint density at radius 1 is 1.03 bits per heavy atom. The highest BCUT2D eigenvalue weighted by Crippen LogP contribution is 2.30. The molecule has 0 unspecified atom stereocenters. The Morgan fingerprint density at radius 2 is 1.68 bits per heavy atom. The van der Waals surface area contributed by atoms with Gasteiger partial charge in [0.2, 0.25) is 15.9 Å². The molecule has 0 bridgehead atoms. The van der Waals surface area contributed by atoms with E-state index in [0.29, 0.717) is 18.1 Å². The molecule has 0 saturated heterocycles. The van der Waals surface area contributed by atoms with Crippen LogP contribution in [0, 0.1) is 5.82 Å². The van der Waals surface area contributed by atoms with Crippen molar-refractivity contribution in [2.24, 2.45) is 0 Å². The summed E-state index contributed by atoms with van der Waals surface area (Å²) in [5.74, 6) is 0.240. The summed E-state index contributed by atoms with van der Waals surface area (Å²) in [5, 5.41) is 2.94. The molecule has 3 aromatic rings. The predicted octanol–water partition coefficient (Wildman–Crippen LogP) is 4.15. The van der Waals surface area contributed by atoms with E-state index in [1.807, 2.05) is 0 Å². The third-order valence-electron chi connectivity index (χ3n) is 4.84. The average Bonchev–Trinajstić information content (AvgIpc) is 2.81. The molecule has 1 amide bonds. The summed E-state index contributed by atoms with van der Waals surface area (Å²) in [4.78, 5) is 12.5. The SMILES string of the molecule is COc1ccc(N(CC(=O)NCc2ccc(OCc3ccc(F)cc3)cc2)S(C)(=O)=O)cc1Cl. The van der Waals surface area contributed by atoms with Gasteiger partial charge >= 0.3 is 0 Å². The molecule has 0 fully saturated rings. The van der Waals surface area contributed by atoms with Gasteiger partial charge in [-0.25, -0.2) is 12.8 Å². The van der Waals surface area contributed by atoms with Crippen LogP contribution in [0.1, 0.15) is 11.1 Å². The van der Waals surface area contributed by atoms with Crippen LogP contribution < -0.4 is 19.1 Å². The number of hydrogen-bond donors (Lipinski definition) is 1. The summed E-state index contributed by atoms with van der Waals surface area (Å²) in [6, 6.07) is 17.6. The summed E-state index contributed by atoms with van der Waals surface area (Å²) in [5.41, 5.74) is 1.90. The second-order valence-electron chi connectivity index (χ2n) is 7.42. The number of amides is 1. The van der Waals surface area contributed by atoms with Gasteiger partial charge in [0.25, 0.3) is 0 Å². The Morgan fingerprint density at radius 3 is 2.26 bits per heavy atom. The monoisotopic (exact) mass is 506 g/mol. The molecule has 0 atom stereocenters. The lowest BCUT2D eigenvalue weighted by Crippen LogP contribution is -2.40. The van der Waals surface area contributed by atoms with Gasteiger partial charge in [-0.05, 0) is 53.6 Å². The maximum Gasteiger partial charge on any atom is 0.241 e. The smallest absolute Gasteiger partial charge is 0.241 e. The molecule has 7 nitrogen and oxygen atoms in total. The van der Waals surface area contributed by atoms with Crippen LogP contribution in [0.5, 0.6) is 11.5 Å². The van der Waals surface area contributed by atoms with Gasteiger partial charge < -0.3 is 14.8 Å². The molecule has 3 aromatic carbocycles. The van der Waals surface area contributed by atoms with E-state index in [9.17, 15) is 17.6 Å². The molecule has 0 aliphatic carbocycles. The quantitative estimate of drug-likeness (QED) is 0.446. The molecular weight excluding hydrogens is 483 g/mol. The van der Waals surface area contributed by atoms with Crippen LogP contribution in [0.3, 0.4) is 0 Å². The Bertz CT molecular complexity index is 1240. The van der Waals surface area contributed by atoms with Crippen molar-refractivity contribution >= 4 is 33.2 Å². The van der Waals surface area contributed by atoms with E-state index in [-0.39, 0.29) is 23.1 Å². The fourth-order valence-corrected chi connectivity index (χ4v) is 4.15. The van der Waals surface area contributed by atoms with Gasteiger partial charge in [-0.2, -0.15) is 0 Å². The van der Waals surface area contributed by atoms with Crippen LogP contribution in [0.4, 0.5) is 10.1 Å². The Hall–Kier alpha value is -3.30. The lowest BCUT2D eigenvalue weighted by molar-refractivity contribution is -0.119. The number of benzene rings is 3. The highest BCUT2D eigenvalue weighted by Gasteiger charge is 2.21. The van der Waals surface area contributed by atoms with Crippen molar-refractivity contribution in [1.82, 2.24) is 5.32 Å². The van der Waals surface area contributed by atoms with E-state index >= 15 is 0 Å². The lowest BCUT2D eigenvalue weighted by Gasteiger charge is -2.22. The maximum absolute atomic E-state index is 13.0. The van der Waals surface area contributed by atoms with Gasteiger partial charge in [0, 0.05) is 6.54 Å².